The Balaban J connectivity index is 1.78. The second-order valence-electron chi connectivity index (χ2n) is 6.37. The predicted octanol–water partition coefficient (Wildman–Crippen LogP) is 5.14. The lowest BCUT2D eigenvalue weighted by atomic mass is 9.94. The average Bonchev–Trinajstić information content (AvgIpc) is 2.64. The number of ether oxygens (including phenoxy) is 1. The Labute approximate surface area is 147 Å². The molecule has 0 saturated heterocycles. The van der Waals surface area contributed by atoms with Crippen LogP contribution in [-0.2, 0) is 6.42 Å². The van der Waals surface area contributed by atoms with E-state index < -0.39 is 0 Å². The molecule has 0 spiro atoms. The first kappa shape index (κ1) is 18.5. The molecule has 0 fully saturated rings. The quantitative estimate of drug-likeness (QED) is 0.599. The third-order valence-electron chi connectivity index (χ3n) is 4.73. The van der Waals surface area contributed by atoms with Gasteiger partial charge in [0.05, 0.1) is 0 Å². The summed E-state index contributed by atoms with van der Waals surface area (Å²) in [5.41, 5.74) is 2.81. The molecule has 0 radical (unpaired) electrons. The molecule has 1 atom stereocenters. The van der Waals surface area contributed by atoms with Crippen LogP contribution in [0.2, 0.25) is 0 Å². The molecule has 0 aliphatic heterocycles. The van der Waals surface area contributed by atoms with Crippen molar-refractivity contribution in [3.63, 3.8) is 0 Å². The summed E-state index contributed by atoms with van der Waals surface area (Å²) in [6.45, 7) is 10.6. The van der Waals surface area contributed by atoms with Gasteiger partial charge in [-0.3, -0.25) is 0 Å². The number of nitrogens with zero attached hydrogens (tertiary/aromatic N) is 1. The standard InChI is InChI=1S/C22H31NO/c1-4-23(5-2)17-18-24-22-15-13-21(14-16-22)19(3)11-12-20-9-7-6-8-10-20/h6-10,13-16,19H,4-5,11-12,17-18H2,1-3H3. The van der Waals surface area contributed by atoms with Gasteiger partial charge in [-0.15, -0.1) is 0 Å². The lowest BCUT2D eigenvalue weighted by Crippen LogP contribution is -2.27. The van der Waals surface area contributed by atoms with Crippen molar-refractivity contribution >= 4 is 0 Å². The van der Waals surface area contributed by atoms with E-state index in [0.717, 1.165) is 38.4 Å². The fraction of sp³-hybridized carbons (Fsp3) is 0.455. The van der Waals surface area contributed by atoms with Gasteiger partial charge in [0, 0.05) is 6.54 Å². The maximum absolute atomic E-state index is 5.86. The van der Waals surface area contributed by atoms with Crippen molar-refractivity contribution in [1.29, 1.82) is 0 Å². The lowest BCUT2D eigenvalue weighted by Gasteiger charge is -2.18. The number of hydrogen-bond donors (Lipinski definition) is 0. The average molecular weight is 325 g/mol. The summed E-state index contributed by atoms with van der Waals surface area (Å²) in [5.74, 6) is 1.54. The Hall–Kier alpha value is -1.80. The Morgan fingerprint density at radius 2 is 1.58 bits per heavy atom. The van der Waals surface area contributed by atoms with Gasteiger partial charge in [-0.05, 0) is 55.1 Å². The van der Waals surface area contributed by atoms with Crippen LogP contribution in [0, 0.1) is 0 Å². The number of rotatable bonds is 10. The van der Waals surface area contributed by atoms with Gasteiger partial charge in [0.1, 0.15) is 12.4 Å². The molecule has 130 valence electrons. The fourth-order valence-electron chi connectivity index (χ4n) is 2.92. The number of aryl methyl sites for hydroxylation is 1. The topological polar surface area (TPSA) is 12.5 Å². The largest absolute Gasteiger partial charge is 0.492 e. The van der Waals surface area contributed by atoms with Crippen LogP contribution in [0.3, 0.4) is 0 Å². The second-order valence-corrected chi connectivity index (χ2v) is 6.37. The molecular weight excluding hydrogens is 294 g/mol. The van der Waals surface area contributed by atoms with Crippen LogP contribution in [-0.4, -0.2) is 31.1 Å². The van der Waals surface area contributed by atoms with E-state index >= 15 is 0 Å². The number of hydrogen-bond acceptors (Lipinski definition) is 2. The third-order valence-corrected chi connectivity index (χ3v) is 4.73. The van der Waals surface area contributed by atoms with E-state index in [1.165, 1.54) is 17.5 Å². The molecular formula is C22H31NO. The van der Waals surface area contributed by atoms with Crippen molar-refractivity contribution in [2.75, 3.05) is 26.2 Å². The van der Waals surface area contributed by atoms with Crippen molar-refractivity contribution in [1.82, 2.24) is 4.90 Å². The van der Waals surface area contributed by atoms with Gasteiger partial charge in [0.15, 0.2) is 0 Å². The third kappa shape index (κ3) is 6.01. The summed E-state index contributed by atoms with van der Waals surface area (Å²) >= 11 is 0. The van der Waals surface area contributed by atoms with Gasteiger partial charge in [0.25, 0.3) is 0 Å². The Morgan fingerprint density at radius 1 is 0.917 bits per heavy atom. The molecule has 0 bridgehead atoms. The Morgan fingerprint density at radius 3 is 2.21 bits per heavy atom. The molecule has 2 aromatic carbocycles. The maximum Gasteiger partial charge on any atom is 0.119 e. The fourth-order valence-corrected chi connectivity index (χ4v) is 2.92. The first-order valence-electron chi connectivity index (χ1n) is 9.22. The van der Waals surface area contributed by atoms with E-state index in [1.807, 2.05) is 0 Å². The minimum Gasteiger partial charge on any atom is -0.492 e. The van der Waals surface area contributed by atoms with Crippen molar-refractivity contribution in [3.05, 3.63) is 65.7 Å². The molecule has 24 heavy (non-hydrogen) atoms. The minimum absolute atomic E-state index is 0.565. The molecule has 0 saturated carbocycles. The maximum atomic E-state index is 5.86. The molecule has 0 aromatic heterocycles. The monoisotopic (exact) mass is 325 g/mol. The molecule has 2 aromatic rings. The molecule has 0 aliphatic rings. The van der Waals surface area contributed by atoms with E-state index in [9.17, 15) is 0 Å². The molecule has 2 rings (SSSR count). The highest BCUT2D eigenvalue weighted by Crippen LogP contribution is 2.23. The van der Waals surface area contributed by atoms with Crippen LogP contribution in [0.25, 0.3) is 0 Å². The van der Waals surface area contributed by atoms with E-state index in [2.05, 4.69) is 80.3 Å². The number of benzene rings is 2. The number of likely N-dealkylation sites (N-methyl/N-ethyl adjacent to an activating group) is 1. The van der Waals surface area contributed by atoms with E-state index in [-0.39, 0.29) is 0 Å². The van der Waals surface area contributed by atoms with Crippen molar-refractivity contribution in [2.45, 2.75) is 39.5 Å². The summed E-state index contributed by atoms with van der Waals surface area (Å²) in [6, 6.07) is 19.4. The summed E-state index contributed by atoms with van der Waals surface area (Å²) in [4.78, 5) is 2.38. The first-order chi connectivity index (χ1) is 11.7. The van der Waals surface area contributed by atoms with Crippen LogP contribution in [0.5, 0.6) is 5.75 Å². The van der Waals surface area contributed by atoms with Crippen LogP contribution in [0.4, 0.5) is 0 Å². The van der Waals surface area contributed by atoms with Crippen molar-refractivity contribution in [2.24, 2.45) is 0 Å². The van der Waals surface area contributed by atoms with Crippen LogP contribution < -0.4 is 4.74 Å². The highest BCUT2D eigenvalue weighted by atomic mass is 16.5. The second kappa shape index (κ2) is 10.1. The molecule has 2 nitrogen and oxygen atoms in total. The minimum atomic E-state index is 0.565. The zero-order valence-corrected chi connectivity index (χ0v) is 15.4. The van der Waals surface area contributed by atoms with E-state index in [4.69, 9.17) is 4.74 Å². The summed E-state index contributed by atoms with van der Waals surface area (Å²) in [7, 11) is 0. The highest BCUT2D eigenvalue weighted by Gasteiger charge is 2.06. The zero-order chi connectivity index (χ0) is 17.2. The molecule has 0 N–H and O–H groups in total. The van der Waals surface area contributed by atoms with Gasteiger partial charge in [0.2, 0.25) is 0 Å². The van der Waals surface area contributed by atoms with Gasteiger partial charge in [-0.2, -0.15) is 0 Å². The smallest absolute Gasteiger partial charge is 0.119 e. The van der Waals surface area contributed by atoms with E-state index in [1.54, 1.807) is 0 Å². The van der Waals surface area contributed by atoms with Gasteiger partial charge in [-0.25, -0.2) is 0 Å². The highest BCUT2D eigenvalue weighted by molar-refractivity contribution is 5.29. The summed E-state index contributed by atoms with van der Waals surface area (Å²) in [5, 5.41) is 0. The Kier molecular flexibility index (Phi) is 7.84. The van der Waals surface area contributed by atoms with Crippen molar-refractivity contribution in [3.8, 4) is 5.75 Å². The van der Waals surface area contributed by atoms with Crippen LogP contribution >= 0.6 is 0 Å². The van der Waals surface area contributed by atoms with Gasteiger partial charge in [-0.1, -0.05) is 63.2 Å². The van der Waals surface area contributed by atoms with Crippen LogP contribution in [0.1, 0.15) is 44.2 Å². The van der Waals surface area contributed by atoms with Gasteiger partial charge >= 0.3 is 0 Å². The molecule has 0 heterocycles. The first-order valence-corrected chi connectivity index (χ1v) is 9.22. The summed E-state index contributed by atoms with van der Waals surface area (Å²) < 4.78 is 5.86. The lowest BCUT2D eigenvalue weighted by molar-refractivity contribution is 0.223. The molecule has 0 aliphatic carbocycles. The zero-order valence-electron chi connectivity index (χ0n) is 15.4. The SMILES string of the molecule is CCN(CC)CCOc1ccc(C(C)CCc2ccccc2)cc1. The normalized spacial score (nSPS) is 12.3. The van der Waals surface area contributed by atoms with E-state index in [0.29, 0.717) is 5.92 Å². The van der Waals surface area contributed by atoms with Crippen molar-refractivity contribution < 1.29 is 4.74 Å². The molecule has 2 heteroatoms. The summed E-state index contributed by atoms with van der Waals surface area (Å²) in [6.07, 6.45) is 2.30. The van der Waals surface area contributed by atoms with Gasteiger partial charge < -0.3 is 9.64 Å². The molecule has 1 unspecified atom stereocenters. The predicted molar refractivity (Wildman–Crippen MR) is 103 cm³/mol. The Bertz CT molecular complexity index is 560. The van der Waals surface area contributed by atoms with Crippen LogP contribution in [0.15, 0.2) is 54.6 Å². The molecule has 0 amide bonds.